The Hall–Kier alpha value is -0.540. The normalized spacial score (nSPS) is 9.69. The van der Waals surface area contributed by atoms with E-state index in [1.54, 1.807) is 0 Å². The van der Waals surface area contributed by atoms with Crippen LogP contribution in [0.2, 0.25) is 0 Å². The van der Waals surface area contributed by atoms with Crippen molar-refractivity contribution >= 4 is 17.5 Å². The first kappa shape index (κ1) is 12.5. The molecule has 0 aromatic carbocycles. The fourth-order valence-electron chi connectivity index (χ4n) is 0.890. The van der Waals surface area contributed by atoms with Crippen LogP contribution in [0.4, 0.5) is 0 Å². The van der Waals surface area contributed by atoms with E-state index in [0.717, 1.165) is 19.3 Å². The van der Waals surface area contributed by atoms with E-state index in [0.29, 0.717) is 24.5 Å². The molecule has 3 nitrogen and oxygen atoms in total. The first-order chi connectivity index (χ1) is 6.16. The Kier molecular flexibility index (Phi) is 7.74. The molecule has 0 saturated heterocycles. The second-order valence-electron chi connectivity index (χ2n) is 2.89. The summed E-state index contributed by atoms with van der Waals surface area (Å²) in [6, 6.07) is 0. The minimum Gasteiger partial charge on any atom is -0.351 e. The molecule has 0 rings (SSSR count). The minimum absolute atomic E-state index is 0.0267. The summed E-state index contributed by atoms with van der Waals surface area (Å²) in [6.07, 6.45) is 3.42. The molecule has 0 aromatic heterocycles. The number of nitrogens with two attached hydrogens (primary N) is 1. The third-order valence-corrected chi connectivity index (χ3v) is 1.72. The quantitative estimate of drug-likeness (QED) is 0.616. The van der Waals surface area contributed by atoms with Crippen molar-refractivity contribution in [3.8, 4) is 0 Å². The number of hydrogen-bond acceptors (Lipinski definition) is 2. The Morgan fingerprint density at radius 2 is 2.08 bits per heavy atom. The highest BCUT2D eigenvalue weighted by molar-refractivity contribution is 6.29. The average molecular weight is 205 g/mol. The lowest BCUT2D eigenvalue weighted by Crippen LogP contribution is -2.23. The lowest BCUT2D eigenvalue weighted by molar-refractivity contribution is -0.121. The van der Waals surface area contributed by atoms with Crippen LogP contribution in [0.1, 0.15) is 25.7 Å². The van der Waals surface area contributed by atoms with Crippen molar-refractivity contribution in [2.75, 3.05) is 13.1 Å². The summed E-state index contributed by atoms with van der Waals surface area (Å²) in [7, 11) is 0. The van der Waals surface area contributed by atoms with Gasteiger partial charge < -0.3 is 11.1 Å². The topological polar surface area (TPSA) is 55.1 Å². The van der Waals surface area contributed by atoms with Gasteiger partial charge in [-0.15, -0.1) is 0 Å². The Bertz CT molecular complexity index is 171. The molecule has 0 saturated carbocycles. The van der Waals surface area contributed by atoms with E-state index in [1.807, 2.05) is 0 Å². The predicted octanol–water partition coefficient (Wildman–Crippen LogP) is 1.37. The van der Waals surface area contributed by atoms with Crippen LogP contribution in [-0.2, 0) is 4.79 Å². The van der Waals surface area contributed by atoms with Crippen LogP contribution >= 0.6 is 11.6 Å². The van der Waals surface area contributed by atoms with E-state index in [1.165, 1.54) is 0 Å². The number of carbonyl (C=O) groups is 1. The Balaban J connectivity index is 3.25. The molecule has 0 aliphatic carbocycles. The first-order valence-corrected chi connectivity index (χ1v) is 4.84. The highest BCUT2D eigenvalue weighted by Gasteiger charge is 1.99. The summed E-state index contributed by atoms with van der Waals surface area (Å²) in [5.41, 5.74) is 5.31. The minimum atomic E-state index is 0.0267. The summed E-state index contributed by atoms with van der Waals surface area (Å²) < 4.78 is 0. The molecule has 4 heteroatoms. The first-order valence-electron chi connectivity index (χ1n) is 4.47. The SMILES string of the molecule is C=C(Cl)CNC(=O)CCCCCN. The van der Waals surface area contributed by atoms with Gasteiger partial charge in [0.25, 0.3) is 0 Å². The summed E-state index contributed by atoms with van der Waals surface area (Å²) in [5, 5.41) is 3.11. The zero-order valence-electron chi connectivity index (χ0n) is 7.81. The fourth-order valence-corrected chi connectivity index (χ4v) is 0.956. The molecule has 0 heterocycles. The zero-order chi connectivity index (χ0) is 10.1. The highest BCUT2D eigenvalue weighted by atomic mass is 35.5. The second-order valence-corrected chi connectivity index (χ2v) is 3.43. The molecule has 0 bridgehead atoms. The van der Waals surface area contributed by atoms with Crippen molar-refractivity contribution in [3.63, 3.8) is 0 Å². The van der Waals surface area contributed by atoms with Gasteiger partial charge in [0.05, 0.1) is 6.54 Å². The molecular formula is C9H17ClN2O. The molecular weight excluding hydrogens is 188 g/mol. The molecule has 0 atom stereocenters. The maximum atomic E-state index is 11.1. The lowest BCUT2D eigenvalue weighted by Gasteiger charge is -2.02. The molecule has 13 heavy (non-hydrogen) atoms. The van der Waals surface area contributed by atoms with Gasteiger partial charge in [-0.1, -0.05) is 24.6 Å². The van der Waals surface area contributed by atoms with Crippen molar-refractivity contribution in [2.24, 2.45) is 5.73 Å². The van der Waals surface area contributed by atoms with E-state index in [-0.39, 0.29) is 5.91 Å². The molecule has 1 amide bonds. The smallest absolute Gasteiger partial charge is 0.220 e. The molecule has 0 radical (unpaired) electrons. The van der Waals surface area contributed by atoms with Crippen LogP contribution in [0.3, 0.4) is 0 Å². The second kappa shape index (κ2) is 8.08. The van der Waals surface area contributed by atoms with Crippen molar-refractivity contribution in [1.29, 1.82) is 0 Å². The average Bonchev–Trinajstić information content (AvgIpc) is 2.09. The van der Waals surface area contributed by atoms with Crippen molar-refractivity contribution in [2.45, 2.75) is 25.7 Å². The number of nitrogens with one attached hydrogen (secondary N) is 1. The third kappa shape index (κ3) is 9.37. The van der Waals surface area contributed by atoms with Gasteiger partial charge in [-0.05, 0) is 19.4 Å². The maximum Gasteiger partial charge on any atom is 0.220 e. The van der Waals surface area contributed by atoms with Crippen molar-refractivity contribution < 1.29 is 4.79 Å². The van der Waals surface area contributed by atoms with E-state index >= 15 is 0 Å². The molecule has 0 aromatic rings. The van der Waals surface area contributed by atoms with E-state index in [2.05, 4.69) is 11.9 Å². The van der Waals surface area contributed by atoms with Crippen LogP contribution in [0, 0.1) is 0 Å². The number of halogens is 1. The summed E-state index contributed by atoms with van der Waals surface area (Å²) in [6.45, 7) is 4.52. The van der Waals surface area contributed by atoms with Crippen LogP contribution in [0.15, 0.2) is 11.6 Å². The predicted molar refractivity (Wildman–Crippen MR) is 55.5 cm³/mol. The largest absolute Gasteiger partial charge is 0.351 e. The van der Waals surface area contributed by atoms with Crippen LogP contribution in [0.25, 0.3) is 0 Å². The van der Waals surface area contributed by atoms with E-state index < -0.39 is 0 Å². The number of rotatable bonds is 7. The summed E-state index contributed by atoms with van der Waals surface area (Å²) in [4.78, 5) is 11.1. The Labute approximate surface area is 84.3 Å². The molecule has 0 aliphatic heterocycles. The summed E-state index contributed by atoms with van der Waals surface area (Å²) in [5.74, 6) is 0.0267. The zero-order valence-corrected chi connectivity index (χ0v) is 8.57. The van der Waals surface area contributed by atoms with Gasteiger partial charge in [0.1, 0.15) is 0 Å². The van der Waals surface area contributed by atoms with Gasteiger partial charge >= 0.3 is 0 Å². The Morgan fingerprint density at radius 1 is 1.38 bits per heavy atom. The van der Waals surface area contributed by atoms with Gasteiger partial charge in [-0.2, -0.15) is 0 Å². The Morgan fingerprint density at radius 3 is 2.62 bits per heavy atom. The lowest BCUT2D eigenvalue weighted by atomic mass is 10.2. The van der Waals surface area contributed by atoms with Crippen molar-refractivity contribution in [1.82, 2.24) is 5.32 Å². The molecule has 3 N–H and O–H groups in total. The van der Waals surface area contributed by atoms with E-state index in [4.69, 9.17) is 17.3 Å². The van der Waals surface area contributed by atoms with Crippen molar-refractivity contribution in [3.05, 3.63) is 11.6 Å². The standard InChI is InChI=1S/C9H17ClN2O/c1-8(10)7-12-9(13)5-3-2-4-6-11/h1-7,11H2,(H,12,13). The van der Waals surface area contributed by atoms with Crippen LogP contribution < -0.4 is 11.1 Å². The number of hydrogen-bond donors (Lipinski definition) is 2. The van der Waals surface area contributed by atoms with Gasteiger partial charge in [0.15, 0.2) is 0 Å². The number of amides is 1. The fraction of sp³-hybridized carbons (Fsp3) is 0.667. The molecule has 76 valence electrons. The number of unbranched alkanes of at least 4 members (excludes halogenated alkanes) is 2. The number of carbonyl (C=O) groups excluding carboxylic acids is 1. The maximum absolute atomic E-state index is 11.1. The third-order valence-electron chi connectivity index (χ3n) is 1.59. The van der Waals surface area contributed by atoms with E-state index in [9.17, 15) is 4.79 Å². The van der Waals surface area contributed by atoms with Gasteiger partial charge in [-0.3, -0.25) is 4.79 Å². The van der Waals surface area contributed by atoms with Gasteiger partial charge in [0, 0.05) is 11.5 Å². The van der Waals surface area contributed by atoms with Gasteiger partial charge in [-0.25, -0.2) is 0 Å². The molecule has 0 spiro atoms. The summed E-state index contributed by atoms with van der Waals surface area (Å²) >= 11 is 5.48. The monoisotopic (exact) mass is 204 g/mol. The highest BCUT2D eigenvalue weighted by Crippen LogP contribution is 1.99. The van der Waals surface area contributed by atoms with Crippen LogP contribution in [-0.4, -0.2) is 19.0 Å². The van der Waals surface area contributed by atoms with Crippen LogP contribution in [0.5, 0.6) is 0 Å². The van der Waals surface area contributed by atoms with Gasteiger partial charge in [0.2, 0.25) is 5.91 Å². The molecule has 0 unspecified atom stereocenters. The molecule has 0 fully saturated rings. The molecule has 0 aliphatic rings.